The highest BCUT2D eigenvalue weighted by atomic mass is 15.2. The number of nitrogens with zero attached hydrogens (tertiary/aromatic N) is 3. The lowest BCUT2D eigenvalue weighted by Crippen LogP contribution is -2.32. The summed E-state index contributed by atoms with van der Waals surface area (Å²) in [7, 11) is 0. The van der Waals surface area contributed by atoms with E-state index in [0.717, 1.165) is 36.4 Å². The van der Waals surface area contributed by atoms with Crippen molar-refractivity contribution in [3.05, 3.63) is 59.5 Å². The van der Waals surface area contributed by atoms with E-state index in [4.69, 9.17) is 4.98 Å². The SMILES string of the molecule is Cc1ccc(Cc2nc3cccnc3n2C2CCCCN2)cc1. The summed E-state index contributed by atoms with van der Waals surface area (Å²) in [5, 5.41) is 3.63. The van der Waals surface area contributed by atoms with E-state index in [0.29, 0.717) is 6.17 Å². The van der Waals surface area contributed by atoms with Crippen LogP contribution in [0.2, 0.25) is 0 Å². The molecule has 4 rings (SSSR count). The Kier molecular flexibility index (Phi) is 3.83. The molecule has 0 bridgehead atoms. The number of fused-ring (bicyclic) bond motifs is 1. The van der Waals surface area contributed by atoms with Crippen LogP contribution in [0.4, 0.5) is 0 Å². The average Bonchev–Trinajstić information content (AvgIpc) is 2.95. The van der Waals surface area contributed by atoms with E-state index in [1.54, 1.807) is 0 Å². The second kappa shape index (κ2) is 6.13. The molecule has 0 amide bonds. The molecule has 2 aromatic heterocycles. The van der Waals surface area contributed by atoms with Crippen molar-refractivity contribution in [3.8, 4) is 0 Å². The predicted molar refractivity (Wildman–Crippen MR) is 92.4 cm³/mol. The summed E-state index contributed by atoms with van der Waals surface area (Å²) in [6, 6.07) is 12.7. The van der Waals surface area contributed by atoms with Gasteiger partial charge in [0.2, 0.25) is 0 Å². The monoisotopic (exact) mass is 306 g/mol. The van der Waals surface area contributed by atoms with Gasteiger partial charge in [0, 0.05) is 12.6 Å². The van der Waals surface area contributed by atoms with Crippen molar-refractivity contribution in [3.63, 3.8) is 0 Å². The van der Waals surface area contributed by atoms with Gasteiger partial charge in [-0.3, -0.25) is 9.88 Å². The number of rotatable bonds is 3. The first-order chi connectivity index (χ1) is 11.3. The number of aromatic nitrogens is 3. The van der Waals surface area contributed by atoms with Crippen molar-refractivity contribution >= 4 is 11.2 Å². The van der Waals surface area contributed by atoms with Crippen LogP contribution in [0.5, 0.6) is 0 Å². The van der Waals surface area contributed by atoms with Gasteiger partial charge in [-0.05, 0) is 50.4 Å². The molecule has 4 heteroatoms. The topological polar surface area (TPSA) is 42.7 Å². The molecule has 0 aliphatic carbocycles. The third-order valence-corrected chi connectivity index (χ3v) is 4.60. The summed E-state index contributed by atoms with van der Waals surface area (Å²) in [5.41, 5.74) is 4.57. The highest BCUT2D eigenvalue weighted by molar-refractivity contribution is 5.71. The lowest BCUT2D eigenvalue weighted by atomic mass is 10.1. The zero-order chi connectivity index (χ0) is 15.6. The molecule has 23 heavy (non-hydrogen) atoms. The van der Waals surface area contributed by atoms with E-state index in [1.165, 1.54) is 24.0 Å². The fourth-order valence-corrected chi connectivity index (χ4v) is 3.37. The molecule has 0 spiro atoms. The van der Waals surface area contributed by atoms with Gasteiger partial charge in [-0.1, -0.05) is 29.8 Å². The van der Waals surface area contributed by atoms with Crippen LogP contribution >= 0.6 is 0 Å². The maximum atomic E-state index is 4.87. The third kappa shape index (κ3) is 2.86. The van der Waals surface area contributed by atoms with Gasteiger partial charge >= 0.3 is 0 Å². The Hall–Kier alpha value is -2.20. The van der Waals surface area contributed by atoms with Gasteiger partial charge in [-0.2, -0.15) is 0 Å². The smallest absolute Gasteiger partial charge is 0.161 e. The largest absolute Gasteiger partial charge is 0.297 e. The molecule has 4 nitrogen and oxygen atoms in total. The number of nitrogens with one attached hydrogen (secondary N) is 1. The Labute approximate surface area is 136 Å². The van der Waals surface area contributed by atoms with Crippen LogP contribution in [0.25, 0.3) is 11.2 Å². The normalized spacial score (nSPS) is 18.4. The summed E-state index contributed by atoms with van der Waals surface area (Å²) < 4.78 is 2.31. The van der Waals surface area contributed by atoms with Gasteiger partial charge in [-0.25, -0.2) is 9.97 Å². The maximum Gasteiger partial charge on any atom is 0.161 e. The number of piperidine rings is 1. The summed E-state index contributed by atoms with van der Waals surface area (Å²) in [4.78, 5) is 9.46. The minimum Gasteiger partial charge on any atom is -0.297 e. The zero-order valence-electron chi connectivity index (χ0n) is 13.5. The number of hydrogen-bond acceptors (Lipinski definition) is 3. The minimum absolute atomic E-state index is 0.309. The second-order valence-electron chi connectivity index (χ2n) is 6.37. The molecule has 1 fully saturated rings. The molecule has 1 N–H and O–H groups in total. The number of imidazole rings is 1. The Bertz CT molecular complexity index is 798. The van der Waals surface area contributed by atoms with E-state index in [9.17, 15) is 0 Å². The van der Waals surface area contributed by atoms with E-state index in [2.05, 4.69) is 52.1 Å². The van der Waals surface area contributed by atoms with Crippen molar-refractivity contribution in [2.24, 2.45) is 0 Å². The second-order valence-corrected chi connectivity index (χ2v) is 6.37. The Morgan fingerprint density at radius 3 is 2.83 bits per heavy atom. The molecule has 1 unspecified atom stereocenters. The average molecular weight is 306 g/mol. The van der Waals surface area contributed by atoms with Crippen molar-refractivity contribution in [2.45, 2.75) is 38.8 Å². The van der Waals surface area contributed by atoms with Crippen LogP contribution in [-0.4, -0.2) is 21.1 Å². The van der Waals surface area contributed by atoms with Crippen LogP contribution in [-0.2, 0) is 6.42 Å². The van der Waals surface area contributed by atoms with Gasteiger partial charge < -0.3 is 0 Å². The molecule has 1 aliphatic heterocycles. The summed E-state index contributed by atoms with van der Waals surface area (Å²) in [6.07, 6.45) is 6.67. The van der Waals surface area contributed by atoms with E-state index >= 15 is 0 Å². The molecule has 1 saturated heterocycles. The van der Waals surface area contributed by atoms with E-state index in [-0.39, 0.29) is 0 Å². The predicted octanol–water partition coefficient (Wildman–Crippen LogP) is 3.60. The fourth-order valence-electron chi connectivity index (χ4n) is 3.37. The van der Waals surface area contributed by atoms with Gasteiger partial charge in [0.05, 0.1) is 6.17 Å². The summed E-state index contributed by atoms with van der Waals surface area (Å²) in [6.45, 7) is 3.19. The van der Waals surface area contributed by atoms with Gasteiger partial charge in [0.25, 0.3) is 0 Å². The molecule has 0 saturated carbocycles. The molecular formula is C19H22N4. The number of hydrogen-bond donors (Lipinski definition) is 1. The first-order valence-corrected chi connectivity index (χ1v) is 8.42. The van der Waals surface area contributed by atoms with Crippen molar-refractivity contribution in [1.29, 1.82) is 0 Å². The standard InChI is InChI=1S/C19H22N4/c1-14-7-9-15(10-8-14)13-18-22-16-5-4-12-21-19(16)23(18)17-6-2-3-11-20-17/h4-5,7-10,12,17,20H,2-3,6,11,13H2,1H3. The third-order valence-electron chi connectivity index (χ3n) is 4.60. The molecule has 3 aromatic rings. The maximum absolute atomic E-state index is 4.87. The number of pyridine rings is 1. The zero-order valence-corrected chi connectivity index (χ0v) is 13.5. The quantitative estimate of drug-likeness (QED) is 0.804. The minimum atomic E-state index is 0.309. The molecule has 1 aromatic carbocycles. The molecule has 3 heterocycles. The number of aryl methyl sites for hydroxylation is 1. The van der Waals surface area contributed by atoms with Crippen LogP contribution in [0, 0.1) is 6.92 Å². The van der Waals surface area contributed by atoms with Gasteiger partial charge in [-0.15, -0.1) is 0 Å². The van der Waals surface area contributed by atoms with Gasteiger partial charge in [0.1, 0.15) is 11.3 Å². The van der Waals surface area contributed by atoms with Crippen LogP contribution in [0.1, 0.15) is 42.4 Å². The highest BCUT2D eigenvalue weighted by Crippen LogP contribution is 2.25. The Morgan fingerprint density at radius 1 is 1.17 bits per heavy atom. The van der Waals surface area contributed by atoms with Crippen molar-refractivity contribution < 1.29 is 0 Å². The lowest BCUT2D eigenvalue weighted by molar-refractivity contribution is 0.320. The Balaban J connectivity index is 1.76. The van der Waals surface area contributed by atoms with Crippen molar-refractivity contribution in [1.82, 2.24) is 19.9 Å². The first kappa shape index (κ1) is 14.4. The highest BCUT2D eigenvalue weighted by Gasteiger charge is 2.21. The molecule has 1 atom stereocenters. The van der Waals surface area contributed by atoms with Crippen molar-refractivity contribution in [2.75, 3.05) is 6.54 Å². The van der Waals surface area contributed by atoms with Crippen LogP contribution in [0.3, 0.4) is 0 Å². The van der Waals surface area contributed by atoms with Gasteiger partial charge in [0.15, 0.2) is 5.65 Å². The molecule has 0 radical (unpaired) electrons. The summed E-state index contributed by atoms with van der Waals surface area (Å²) >= 11 is 0. The van der Waals surface area contributed by atoms with Crippen LogP contribution in [0.15, 0.2) is 42.6 Å². The molecule has 118 valence electrons. The van der Waals surface area contributed by atoms with E-state index < -0.39 is 0 Å². The lowest BCUT2D eigenvalue weighted by Gasteiger charge is -2.26. The van der Waals surface area contributed by atoms with Crippen LogP contribution < -0.4 is 5.32 Å². The number of benzene rings is 1. The summed E-state index contributed by atoms with van der Waals surface area (Å²) in [5.74, 6) is 1.10. The molecule has 1 aliphatic rings. The molecular weight excluding hydrogens is 284 g/mol. The van der Waals surface area contributed by atoms with E-state index in [1.807, 2.05) is 12.3 Å². The first-order valence-electron chi connectivity index (χ1n) is 8.42. The Morgan fingerprint density at radius 2 is 2.04 bits per heavy atom. The fraction of sp³-hybridized carbons (Fsp3) is 0.368.